The van der Waals surface area contributed by atoms with Gasteiger partial charge in [-0.3, -0.25) is 0 Å². The van der Waals surface area contributed by atoms with Gasteiger partial charge in [0.2, 0.25) is 5.88 Å². The van der Waals surface area contributed by atoms with Gasteiger partial charge < -0.3 is 9.47 Å². The Morgan fingerprint density at radius 3 is 2.85 bits per heavy atom. The number of carbonyl (C=O) groups excluding carboxylic acids is 1. The summed E-state index contributed by atoms with van der Waals surface area (Å²) in [5.74, 6) is -0.148. The topological polar surface area (TPSA) is 64.2 Å². The molecule has 1 aromatic heterocycles. The standard InChI is InChI=1S/C14H15BrN2O3/c1-4-20-14(18)11-12(16-17-13(11)19-3)10-7-9(15)6-5-8(10)2/h5-7H,4H2,1-3H3,(H,16,17). The molecule has 2 aromatic rings. The lowest BCUT2D eigenvalue weighted by atomic mass is 10.0. The monoisotopic (exact) mass is 338 g/mol. The normalized spacial score (nSPS) is 10.4. The van der Waals surface area contributed by atoms with E-state index in [1.807, 2.05) is 25.1 Å². The van der Waals surface area contributed by atoms with Gasteiger partial charge in [-0.25, -0.2) is 9.89 Å². The van der Waals surface area contributed by atoms with Crippen LogP contribution in [0, 0.1) is 6.92 Å². The molecule has 1 heterocycles. The molecule has 0 spiro atoms. The second kappa shape index (κ2) is 6.09. The van der Waals surface area contributed by atoms with E-state index in [9.17, 15) is 4.79 Å². The highest BCUT2D eigenvalue weighted by atomic mass is 79.9. The number of halogens is 1. The van der Waals surface area contributed by atoms with Crippen molar-refractivity contribution in [1.29, 1.82) is 0 Å². The lowest BCUT2D eigenvalue weighted by molar-refractivity contribution is 0.0523. The van der Waals surface area contributed by atoms with Crippen molar-refractivity contribution in [3.8, 4) is 17.1 Å². The zero-order valence-corrected chi connectivity index (χ0v) is 13.1. The molecule has 5 nitrogen and oxygen atoms in total. The smallest absolute Gasteiger partial charge is 0.345 e. The van der Waals surface area contributed by atoms with Gasteiger partial charge in [0.05, 0.1) is 13.7 Å². The minimum Gasteiger partial charge on any atom is -0.481 e. The molecule has 0 unspecified atom stereocenters. The molecule has 0 saturated carbocycles. The van der Waals surface area contributed by atoms with E-state index >= 15 is 0 Å². The highest BCUT2D eigenvalue weighted by molar-refractivity contribution is 9.10. The van der Waals surface area contributed by atoms with Gasteiger partial charge in [-0.05, 0) is 31.5 Å². The van der Waals surface area contributed by atoms with Gasteiger partial charge in [-0.1, -0.05) is 22.0 Å². The molecule has 1 N–H and O–H groups in total. The van der Waals surface area contributed by atoms with Gasteiger partial charge >= 0.3 is 5.97 Å². The van der Waals surface area contributed by atoms with E-state index in [-0.39, 0.29) is 0 Å². The van der Waals surface area contributed by atoms with E-state index in [0.29, 0.717) is 23.7 Å². The Bertz CT molecular complexity index is 637. The Morgan fingerprint density at radius 1 is 1.45 bits per heavy atom. The number of hydrogen-bond donors (Lipinski definition) is 1. The number of esters is 1. The number of ether oxygens (including phenoxy) is 2. The number of aromatic amines is 1. The summed E-state index contributed by atoms with van der Waals surface area (Å²) in [6.45, 7) is 4.01. The molecular formula is C14H15BrN2O3. The van der Waals surface area contributed by atoms with Crippen molar-refractivity contribution in [2.75, 3.05) is 13.7 Å². The minimum atomic E-state index is -0.451. The number of carbonyl (C=O) groups is 1. The molecular weight excluding hydrogens is 324 g/mol. The number of aromatic nitrogens is 2. The van der Waals surface area contributed by atoms with E-state index in [0.717, 1.165) is 15.6 Å². The Kier molecular flexibility index (Phi) is 4.44. The Hall–Kier alpha value is -1.82. The molecule has 0 fully saturated rings. The number of hydrogen-bond acceptors (Lipinski definition) is 4. The lowest BCUT2D eigenvalue weighted by Gasteiger charge is -2.07. The van der Waals surface area contributed by atoms with E-state index in [4.69, 9.17) is 9.47 Å². The maximum atomic E-state index is 12.1. The van der Waals surface area contributed by atoms with Crippen LogP contribution in [0.15, 0.2) is 22.7 Å². The van der Waals surface area contributed by atoms with Crippen molar-refractivity contribution in [2.45, 2.75) is 13.8 Å². The zero-order chi connectivity index (χ0) is 14.7. The summed E-state index contributed by atoms with van der Waals surface area (Å²) in [6.07, 6.45) is 0. The predicted molar refractivity (Wildman–Crippen MR) is 79.0 cm³/mol. The molecule has 6 heteroatoms. The van der Waals surface area contributed by atoms with Gasteiger partial charge in [0.1, 0.15) is 11.3 Å². The van der Waals surface area contributed by atoms with Crippen LogP contribution in [-0.2, 0) is 4.74 Å². The molecule has 0 aliphatic carbocycles. The summed E-state index contributed by atoms with van der Waals surface area (Å²) in [4.78, 5) is 12.1. The van der Waals surface area contributed by atoms with Gasteiger partial charge in [-0.15, -0.1) is 0 Å². The second-order valence-electron chi connectivity index (χ2n) is 4.16. The number of H-pyrrole nitrogens is 1. The Labute approximate surface area is 125 Å². The molecule has 0 amide bonds. The molecule has 1 aromatic carbocycles. The maximum absolute atomic E-state index is 12.1. The van der Waals surface area contributed by atoms with Crippen LogP contribution in [0.3, 0.4) is 0 Å². The summed E-state index contributed by atoms with van der Waals surface area (Å²) in [7, 11) is 1.48. The predicted octanol–water partition coefficient (Wildman–Crippen LogP) is 3.33. The van der Waals surface area contributed by atoms with Gasteiger partial charge in [0.15, 0.2) is 0 Å². The zero-order valence-electron chi connectivity index (χ0n) is 11.5. The highest BCUT2D eigenvalue weighted by Gasteiger charge is 2.24. The lowest BCUT2D eigenvalue weighted by Crippen LogP contribution is -2.07. The van der Waals surface area contributed by atoms with Crippen molar-refractivity contribution in [3.05, 3.63) is 33.8 Å². The number of rotatable bonds is 4. The van der Waals surface area contributed by atoms with Crippen molar-refractivity contribution in [3.63, 3.8) is 0 Å². The van der Waals surface area contributed by atoms with Crippen LogP contribution in [0.1, 0.15) is 22.8 Å². The third kappa shape index (κ3) is 2.70. The van der Waals surface area contributed by atoms with E-state index < -0.39 is 5.97 Å². The van der Waals surface area contributed by atoms with Gasteiger partial charge in [0, 0.05) is 10.0 Å². The highest BCUT2D eigenvalue weighted by Crippen LogP contribution is 2.32. The fourth-order valence-corrected chi connectivity index (χ4v) is 2.27. The first-order chi connectivity index (χ1) is 9.58. The molecule has 2 rings (SSSR count). The van der Waals surface area contributed by atoms with Crippen LogP contribution in [0.2, 0.25) is 0 Å². The first kappa shape index (κ1) is 14.6. The number of nitrogens with zero attached hydrogens (tertiary/aromatic N) is 1. The summed E-state index contributed by atoms with van der Waals surface area (Å²) in [6, 6.07) is 5.80. The largest absolute Gasteiger partial charge is 0.481 e. The average Bonchev–Trinajstić information content (AvgIpc) is 2.85. The molecule has 20 heavy (non-hydrogen) atoms. The SMILES string of the molecule is CCOC(=O)c1c(-c2cc(Br)ccc2C)n[nH]c1OC. The van der Waals surface area contributed by atoms with Gasteiger partial charge in [-0.2, -0.15) is 5.10 Å². The van der Waals surface area contributed by atoms with Gasteiger partial charge in [0.25, 0.3) is 0 Å². The van der Waals surface area contributed by atoms with E-state index in [1.165, 1.54) is 7.11 Å². The van der Waals surface area contributed by atoms with E-state index in [1.54, 1.807) is 6.92 Å². The molecule has 0 bridgehead atoms. The summed E-state index contributed by atoms with van der Waals surface area (Å²) >= 11 is 3.42. The summed E-state index contributed by atoms with van der Waals surface area (Å²) in [5.41, 5.74) is 2.70. The van der Waals surface area contributed by atoms with Crippen LogP contribution >= 0.6 is 15.9 Å². The van der Waals surface area contributed by atoms with Crippen LogP contribution < -0.4 is 4.74 Å². The van der Waals surface area contributed by atoms with Crippen molar-refractivity contribution in [1.82, 2.24) is 10.2 Å². The average molecular weight is 339 g/mol. The number of nitrogens with one attached hydrogen (secondary N) is 1. The fraction of sp³-hybridized carbons (Fsp3) is 0.286. The minimum absolute atomic E-state index is 0.296. The third-order valence-corrected chi connectivity index (χ3v) is 3.36. The molecule has 106 valence electrons. The van der Waals surface area contributed by atoms with Crippen LogP contribution in [-0.4, -0.2) is 29.9 Å². The van der Waals surface area contributed by atoms with Crippen LogP contribution in [0.4, 0.5) is 0 Å². The molecule has 0 saturated heterocycles. The number of benzene rings is 1. The maximum Gasteiger partial charge on any atom is 0.345 e. The molecule has 0 atom stereocenters. The summed E-state index contributed by atoms with van der Waals surface area (Å²) in [5, 5.41) is 6.91. The number of methoxy groups -OCH3 is 1. The quantitative estimate of drug-likeness (QED) is 0.868. The van der Waals surface area contributed by atoms with Crippen molar-refractivity contribution in [2.24, 2.45) is 0 Å². The first-order valence-electron chi connectivity index (χ1n) is 6.14. The fourth-order valence-electron chi connectivity index (χ4n) is 1.91. The van der Waals surface area contributed by atoms with Crippen LogP contribution in [0.25, 0.3) is 11.3 Å². The van der Waals surface area contributed by atoms with E-state index in [2.05, 4.69) is 26.1 Å². The Balaban J connectivity index is 2.59. The molecule has 0 aliphatic rings. The number of aryl methyl sites for hydroxylation is 1. The summed E-state index contributed by atoms with van der Waals surface area (Å²) < 4.78 is 11.1. The van der Waals surface area contributed by atoms with Crippen molar-refractivity contribution >= 4 is 21.9 Å². The molecule has 0 radical (unpaired) electrons. The third-order valence-electron chi connectivity index (χ3n) is 2.87. The van der Waals surface area contributed by atoms with Crippen molar-refractivity contribution < 1.29 is 14.3 Å². The second-order valence-corrected chi connectivity index (χ2v) is 5.08. The molecule has 0 aliphatic heterocycles. The van der Waals surface area contributed by atoms with Crippen LogP contribution in [0.5, 0.6) is 5.88 Å². The Morgan fingerprint density at radius 2 is 2.20 bits per heavy atom. The first-order valence-corrected chi connectivity index (χ1v) is 6.93.